The van der Waals surface area contributed by atoms with Gasteiger partial charge < -0.3 is 16.0 Å². The highest BCUT2D eigenvalue weighted by Crippen LogP contribution is 2.37. The molecule has 19 heavy (non-hydrogen) atoms. The van der Waals surface area contributed by atoms with Gasteiger partial charge in [-0.05, 0) is 6.07 Å². The fourth-order valence-electron chi connectivity index (χ4n) is 1.70. The standard InChI is InChI=1S/C12H14N4O2S/c1-6(17)15-7-4-5-14-11-8(7)9(13)10(19-11)12(18)16(2)3/h4-5H,13H2,1-3H3,(H,14,15,17). The second-order valence-electron chi connectivity index (χ2n) is 4.26. The number of hydrogen-bond donors (Lipinski definition) is 2. The number of aromatic nitrogens is 1. The Hall–Kier alpha value is -2.15. The number of hydrogen-bond acceptors (Lipinski definition) is 5. The monoisotopic (exact) mass is 278 g/mol. The van der Waals surface area contributed by atoms with Crippen LogP contribution < -0.4 is 11.1 Å². The number of nitrogens with one attached hydrogen (secondary N) is 1. The Morgan fingerprint density at radius 1 is 1.42 bits per heavy atom. The van der Waals surface area contributed by atoms with E-state index in [0.717, 1.165) is 0 Å². The van der Waals surface area contributed by atoms with Gasteiger partial charge in [0, 0.05) is 27.2 Å². The maximum atomic E-state index is 12.0. The lowest BCUT2D eigenvalue weighted by Crippen LogP contribution is -2.21. The first-order valence-electron chi connectivity index (χ1n) is 5.58. The lowest BCUT2D eigenvalue weighted by atomic mass is 10.2. The number of nitrogens with zero attached hydrogens (tertiary/aromatic N) is 2. The molecule has 0 aromatic carbocycles. The molecule has 0 fully saturated rings. The van der Waals surface area contributed by atoms with Gasteiger partial charge in [0.05, 0.1) is 16.8 Å². The van der Waals surface area contributed by atoms with Crippen LogP contribution in [-0.2, 0) is 4.79 Å². The number of rotatable bonds is 2. The number of thiophene rings is 1. The third-order valence-electron chi connectivity index (χ3n) is 2.54. The Kier molecular flexibility index (Phi) is 3.39. The third-order valence-corrected chi connectivity index (χ3v) is 3.64. The summed E-state index contributed by atoms with van der Waals surface area (Å²) in [6.07, 6.45) is 1.58. The average molecular weight is 278 g/mol. The van der Waals surface area contributed by atoms with Crippen LogP contribution in [0, 0.1) is 0 Å². The van der Waals surface area contributed by atoms with Crippen LogP contribution in [0.2, 0.25) is 0 Å². The van der Waals surface area contributed by atoms with Gasteiger partial charge in [0.15, 0.2) is 0 Å². The topological polar surface area (TPSA) is 88.3 Å². The lowest BCUT2D eigenvalue weighted by molar-refractivity contribution is -0.114. The second kappa shape index (κ2) is 4.85. The van der Waals surface area contributed by atoms with Crippen molar-refractivity contribution in [3.8, 4) is 0 Å². The average Bonchev–Trinajstić information content (AvgIpc) is 2.66. The molecule has 0 unspecified atom stereocenters. The highest BCUT2D eigenvalue weighted by atomic mass is 32.1. The predicted molar refractivity (Wildman–Crippen MR) is 76.4 cm³/mol. The SMILES string of the molecule is CC(=O)Nc1ccnc2sc(C(=O)N(C)C)c(N)c12. The van der Waals surface area contributed by atoms with E-state index in [1.165, 1.54) is 23.2 Å². The van der Waals surface area contributed by atoms with Crippen molar-refractivity contribution in [3.63, 3.8) is 0 Å². The summed E-state index contributed by atoms with van der Waals surface area (Å²) in [5.74, 6) is -0.368. The number of amides is 2. The number of nitrogen functional groups attached to an aromatic ring is 1. The molecule has 0 atom stereocenters. The van der Waals surface area contributed by atoms with Gasteiger partial charge in [-0.3, -0.25) is 9.59 Å². The number of pyridine rings is 1. The largest absolute Gasteiger partial charge is 0.397 e. The van der Waals surface area contributed by atoms with Crippen LogP contribution in [0.5, 0.6) is 0 Å². The highest BCUT2D eigenvalue weighted by molar-refractivity contribution is 7.21. The van der Waals surface area contributed by atoms with Crippen molar-refractivity contribution >= 4 is 44.7 Å². The van der Waals surface area contributed by atoms with Crippen molar-refractivity contribution in [2.75, 3.05) is 25.1 Å². The Labute approximate surface area is 114 Å². The molecule has 100 valence electrons. The van der Waals surface area contributed by atoms with Crippen LogP contribution in [0.4, 0.5) is 11.4 Å². The fourth-order valence-corrected chi connectivity index (χ4v) is 2.81. The molecular weight excluding hydrogens is 264 g/mol. The molecule has 2 aromatic heterocycles. The van der Waals surface area contributed by atoms with Crippen molar-refractivity contribution in [1.29, 1.82) is 0 Å². The van der Waals surface area contributed by atoms with Crippen molar-refractivity contribution in [1.82, 2.24) is 9.88 Å². The first-order valence-corrected chi connectivity index (χ1v) is 6.39. The number of anilines is 2. The molecule has 2 rings (SSSR count). The first-order chi connectivity index (χ1) is 8.91. The molecule has 0 spiro atoms. The van der Waals surface area contributed by atoms with Gasteiger partial charge in [-0.2, -0.15) is 0 Å². The second-order valence-corrected chi connectivity index (χ2v) is 5.26. The van der Waals surface area contributed by atoms with Crippen LogP contribution in [0.1, 0.15) is 16.6 Å². The first kappa shape index (κ1) is 13.3. The smallest absolute Gasteiger partial charge is 0.265 e. The van der Waals surface area contributed by atoms with Gasteiger partial charge in [0.2, 0.25) is 5.91 Å². The normalized spacial score (nSPS) is 10.5. The molecule has 0 saturated heterocycles. The van der Waals surface area contributed by atoms with Crippen molar-refractivity contribution in [2.24, 2.45) is 0 Å². The summed E-state index contributed by atoms with van der Waals surface area (Å²) in [6.45, 7) is 1.42. The van der Waals surface area contributed by atoms with Gasteiger partial charge in [-0.15, -0.1) is 11.3 Å². The van der Waals surface area contributed by atoms with Crippen LogP contribution in [-0.4, -0.2) is 35.8 Å². The van der Waals surface area contributed by atoms with E-state index < -0.39 is 0 Å². The van der Waals surface area contributed by atoms with E-state index in [0.29, 0.717) is 26.5 Å². The Bertz CT molecular complexity index is 663. The Morgan fingerprint density at radius 2 is 2.11 bits per heavy atom. The van der Waals surface area contributed by atoms with Gasteiger partial charge in [-0.25, -0.2) is 4.98 Å². The van der Waals surface area contributed by atoms with E-state index in [4.69, 9.17) is 5.73 Å². The van der Waals surface area contributed by atoms with E-state index >= 15 is 0 Å². The molecule has 2 aromatic rings. The number of carbonyl (C=O) groups excluding carboxylic acids is 2. The maximum Gasteiger partial charge on any atom is 0.265 e. The summed E-state index contributed by atoms with van der Waals surface area (Å²) in [5.41, 5.74) is 6.96. The van der Waals surface area contributed by atoms with Crippen molar-refractivity contribution in [2.45, 2.75) is 6.92 Å². The molecule has 6 nitrogen and oxygen atoms in total. The zero-order valence-electron chi connectivity index (χ0n) is 10.9. The quantitative estimate of drug-likeness (QED) is 0.872. The molecule has 0 aliphatic carbocycles. The summed E-state index contributed by atoms with van der Waals surface area (Å²) < 4.78 is 0. The number of fused-ring (bicyclic) bond motifs is 1. The molecule has 0 aliphatic rings. The van der Waals surface area contributed by atoms with Gasteiger partial charge in [0.25, 0.3) is 5.91 Å². The molecule has 0 bridgehead atoms. The summed E-state index contributed by atoms with van der Waals surface area (Å²) in [7, 11) is 3.32. The van der Waals surface area contributed by atoms with Gasteiger partial charge in [0.1, 0.15) is 9.71 Å². The molecule has 2 heterocycles. The fraction of sp³-hybridized carbons (Fsp3) is 0.250. The molecular formula is C12H14N4O2S. The minimum absolute atomic E-state index is 0.172. The summed E-state index contributed by atoms with van der Waals surface area (Å²) >= 11 is 1.22. The van der Waals surface area contributed by atoms with E-state index in [-0.39, 0.29) is 11.8 Å². The van der Waals surface area contributed by atoms with E-state index in [9.17, 15) is 9.59 Å². The molecule has 0 radical (unpaired) electrons. The zero-order valence-corrected chi connectivity index (χ0v) is 11.7. The van der Waals surface area contributed by atoms with E-state index in [2.05, 4.69) is 10.3 Å². The summed E-state index contributed by atoms with van der Waals surface area (Å²) in [5, 5.41) is 3.31. The zero-order chi connectivity index (χ0) is 14.2. The summed E-state index contributed by atoms with van der Waals surface area (Å²) in [4.78, 5) is 29.9. The van der Waals surface area contributed by atoms with Gasteiger partial charge >= 0.3 is 0 Å². The molecule has 3 N–H and O–H groups in total. The van der Waals surface area contributed by atoms with Crippen LogP contribution >= 0.6 is 11.3 Å². The predicted octanol–water partition coefficient (Wildman–Crippen LogP) is 1.54. The Balaban J connectivity index is 2.64. The minimum Gasteiger partial charge on any atom is -0.397 e. The van der Waals surface area contributed by atoms with Crippen molar-refractivity contribution in [3.05, 3.63) is 17.1 Å². The van der Waals surface area contributed by atoms with Crippen LogP contribution in [0.15, 0.2) is 12.3 Å². The minimum atomic E-state index is -0.196. The van der Waals surface area contributed by atoms with Gasteiger partial charge in [-0.1, -0.05) is 0 Å². The Morgan fingerprint density at radius 3 is 2.68 bits per heavy atom. The van der Waals surface area contributed by atoms with Crippen LogP contribution in [0.25, 0.3) is 10.2 Å². The third kappa shape index (κ3) is 2.37. The number of nitrogens with two attached hydrogens (primary N) is 1. The van der Waals surface area contributed by atoms with E-state index in [1.807, 2.05) is 0 Å². The van der Waals surface area contributed by atoms with E-state index in [1.54, 1.807) is 26.4 Å². The molecule has 0 saturated carbocycles. The molecule has 7 heteroatoms. The van der Waals surface area contributed by atoms with Crippen molar-refractivity contribution < 1.29 is 9.59 Å². The summed E-state index contributed by atoms with van der Waals surface area (Å²) in [6, 6.07) is 1.66. The molecule has 0 aliphatic heterocycles. The highest BCUT2D eigenvalue weighted by Gasteiger charge is 2.20. The van der Waals surface area contributed by atoms with Crippen LogP contribution in [0.3, 0.4) is 0 Å². The maximum absolute atomic E-state index is 12.0. The lowest BCUT2D eigenvalue weighted by Gasteiger charge is -2.09. The number of carbonyl (C=O) groups is 2. The molecule has 2 amide bonds.